The van der Waals surface area contributed by atoms with Crippen LogP contribution in [0.25, 0.3) is 0 Å². The molecule has 0 spiro atoms. The SMILES string of the molecule is Cc1cn(C)c([C@@H]2CN(C(=O)CN3C(=O)CNC3=O)CCO2)n1. The van der Waals surface area contributed by atoms with Crippen LogP contribution in [-0.2, 0) is 21.4 Å². The number of aromatic nitrogens is 2. The highest BCUT2D eigenvalue weighted by Gasteiger charge is 2.34. The Morgan fingerprint density at radius 2 is 2.26 bits per heavy atom. The highest BCUT2D eigenvalue weighted by atomic mass is 16.5. The fraction of sp³-hybridized carbons (Fsp3) is 0.571. The third kappa shape index (κ3) is 3.04. The number of urea groups is 1. The van der Waals surface area contributed by atoms with Gasteiger partial charge in [-0.25, -0.2) is 9.78 Å². The minimum atomic E-state index is -0.520. The van der Waals surface area contributed by atoms with E-state index in [1.54, 1.807) is 4.90 Å². The van der Waals surface area contributed by atoms with Gasteiger partial charge in [-0.2, -0.15) is 0 Å². The molecule has 0 unspecified atom stereocenters. The van der Waals surface area contributed by atoms with Crippen LogP contribution in [0.15, 0.2) is 6.20 Å². The van der Waals surface area contributed by atoms with Crippen LogP contribution in [0.4, 0.5) is 4.79 Å². The van der Waals surface area contributed by atoms with Gasteiger partial charge in [-0.3, -0.25) is 14.5 Å². The number of carbonyl (C=O) groups is 3. The number of aryl methyl sites for hydroxylation is 2. The van der Waals surface area contributed by atoms with Crippen LogP contribution in [0.5, 0.6) is 0 Å². The minimum absolute atomic E-state index is 0.0512. The molecule has 124 valence electrons. The van der Waals surface area contributed by atoms with Crippen molar-refractivity contribution in [2.45, 2.75) is 13.0 Å². The average Bonchev–Trinajstić information content (AvgIpc) is 3.03. The molecule has 3 rings (SSSR count). The van der Waals surface area contributed by atoms with Gasteiger partial charge < -0.3 is 19.5 Å². The van der Waals surface area contributed by atoms with E-state index < -0.39 is 6.03 Å². The van der Waals surface area contributed by atoms with E-state index in [1.807, 2.05) is 24.7 Å². The molecule has 1 aromatic heterocycles. The van der Waals surface area contributed by atoms with Gasteiger partial charge in [0.05, 0.1) is 25.4 Å². The number of nitrogens with zero attached hydrogens (tertiary/aromatic N) is 4. The highest BCUT2D eigenvalue weighted by Crippen LogP contribution is 2.21. The second-order valence-corrected chi connectivity index (χ2v) is 5.69. The third-order valence-electron chi connectivity index (χ3n) is 3.97. The van der Waals surface area contributed by atoms with E-state index >= 15 is 0 Å². The number of nitrogens with one attached hydrogen (secondary N) is 1. The monoisotopic (exact) mass is 321 g/mol. The molecule has 2 saturated heterocycles. The van der Waals surface area contributed by atoms with Crippen LogP contribution in [0.3, 0.4) is 0 Å². The molecule has 0 aliphatic carbocycles. The number of imide groups is 1. The van der Waals surface area contributed by atoms with Gasteiger partial charge in [-0.1, -0.05) is 0 Å². The Morgan fingerprint density at radius 3 is 2.87 bits per heavy atom. The lowest BCUT2D eigenvalue weighted by Crippen LogP contribution is -2.48. The normalized spacial score (nSPS) is 21.7. The van der Waals surface area contributed by atoms with E-state index in [-0.39, 0.29) is 31.0 Å². The van der Waals surface area contributed by atoms with E-state index in [0.29, 0.717) is 19.7 Å². The minimum Gasteiger partial charge on any atom is -0.367 e. The van der Waals surface area contributed by atoms with E-state index in [2.05, 4.69) is 10.3 Å². The molecule has 1 N–H and O–H groups in total. The van der Waals surface area contributed by atoms with Crippen LogP contribution in [-0.4, -0.2) is 70.0 Å². The van der Waals surface area contributed by atoms with Crippen LogP contribution in [0.1, 0.15) is 17.6 Å². The molecule has 3 heterocycles. The largest absolute Gasteiger partial charge is 0.367 e. The summed E-state index contributed by atoms with van der Waals surface area (Å²) in [4.78, 5) is 42.4. The molecule has 1 aromatic rings. The summed E-state index contributed by atoms with van der Waals surface area (Å²) in [6.45, 7) is 2.78. The zero-order valence-electron chi connectivity index (χ0n) is 13.1. The Labute approximate surface area is 133 Å². The molecule has 1 atom stereocenters. The molecular formula is C14H19N5O4. The first-order chi connectivity index (χ1) is 11.0. The number of imidazole rings is 1. The average molecular weight is 321 g/mol. The summed E-state index contributed by atoms with van der Waals surface area (Å²) in [6, 6.07) is -0.520. The summed E-state index contributed by atoms with van der Waals surface area (Å²) in [5, 5.41) is 2.40. The number of hydrogen-bond acceptors (Lipinski definition) is 5. The Hall–Kier alpha value is -2.42. The lowest BCUT2D eigenvalue weighted by molar-refractivity contribution is -0.142. The van der Waals surface area contributed by atoms with Crippen molar-refractivity contribution in [1.82, 2.24) is 24.7 Å². The number of rotatable bonds is 3. The standard InChI is InChI=1S/C14H19N5O4/c1-9-6-17(2)13(16-9)10-7-18(3-4-23-10)12(21)8-19-11(20)5-15-14(19)22/h6,10H,3-5,7-8H2,1-2H3,(H,15,22)/t10-/m0/s1. The van der Waals surface area contributed by atoms with Crippen molar-refractivity contribution in [2.24, 2.45) is 7.05 Å². The molecular weight excluding hydrogens is 302 g/mol. The van der Waals surface area contributed by atoms with E-state index in [1.165, 1.54) is 0 Å². The predicted molar refractivity (Wildman–Crippen MR) is 78.3 cm³/mol. The Kier molecular flexibility index (Phi) is 4.03. The van der Waals surface area contributed by atoms with Crippen LogP contribution >= 0.6 is 0 Å². The molecule has 0 radical (unpaired) electrons. The lowest BCUT2D eigenvalue weighted by Gasteiger charge is -2.33. The van der Waals surface area contributed by atoms with Crippen LogP contribution in [0, 0.1) is 6.92 Å². The second-order valence-electron chi connectivity index (χ2n) is 5.69. The van der Waals surface area contributed by atoms with Crippen molar-refractivity contribution in [3.05, 3.63) is 17.7 Å². The van der Waals surface area contributed by atoms with Crippen molar-refractivity contribution < 1.29 is 19.1 Å². The molecule has 0 saturated carbocycles. The maximum atomic E-state index is 12.4. The maximum Gasteiger partial charge on any atom is 0.325 e. The Bertz CT molecular complexity index is 640. The lowest BCUT2D eigenvalue weighted by atomic mass is 10.2. The van der Waals surface area contributed by atoms with Crippen molar-refractivity contribution in [1.29, 1.82) is 0 Å². The highest BCUT2D eigenvalue weighted by molar-refractivity contribution is 6.04. The van der Waals surface area contributed by atoms with Gasteiger partial charge in [-0.15, -0.1) is 0 Å². The van der Waals surface area contributed by atoms with Crippen molar-refractivity contribution >= 4 is 17.8 Å². The maximum absolute atomic E-state index is 12.4. The molecule has 9 nitrogen and oxygen atoms in total. The quantitative estimate of drug-likeness (QED) is 0.734. The number of morpholine rings is 1. The number of ether oxygens (including phenoxy) is 1. The van der Waals surface area contributed by atoms with Gasteiger partial charge in [0, 0.05) is 19.8 Å². The first-order valence-corrected chi connectivity index (χ1v) is 7.43. The van der Waals surface area contributed by atoms with E-state index in [9.17, 15) is 14.4 Å². The van der Waals surface area contributed by atoms with Gasteiger partial charge in [0.15, 0.2) is 0 Å². The Morgan fingerprint density at radius 1 is 1.48 bits per heavy atom. The van der Waals surface area contributed by atoms with E-state index in [4.69, 9.17) is 4.74 Å². The summed E-state index contributed by atoms with van der Waals surface area (Å²) in [5.74, 6) is 0.109. The van der Waals surface area contributed by atoms with Gasteiger partial charge in [0.25, 0.3) is 5.91 Å². The summed E-state index contributed by atoms with van der Waals surface area (Å²) >= 11 is 0. The first-order valence-electron chi connectivity index (χ1n) is 7.43. The molecule has 0 aromatic carbocycles. The first kappa shape index (κ1) is 15.5. The van der Waals surface area contributed by atoms with Gasteiger partial charge in [0.2, 0.25) is 5.91 Å². The summed E-state index contributed by atoms with van der Waals surface area (Å²) in [6.07, 6.45) is 1.58. The molecule has 4 amide bonds. The topological polar surface area (TPSA) is 96.8 Å². The predicted octanol–water partition coefficient (Wildman–Crippen LogP) is -0.820. The van der Waals surface area contributed by atoms with Crippen LogP contribution in [0.2, 0.25) is 0 Å². The molecule has 9 heteroatoms. The van der Waals surface area contributed by atoms with Crippen molar-refractivity contribution in [2.75, 3.05) is 32.8 Å². The summed E-state index contributed by atoms with van der Waals surface area (Å²) in [5.41, 5.74) is 0.883. The number of hydrogen-bond donors (Lipinski definition) is 1. The summed E-state index contributed by atoms with van der Waals surface area (Å²) in [7, 11) is 1.88. The Balaban J connectivity index is 1.66. The van der Waals surface area contributed by atoms with Crippen molar-refractivity contribution in [3.63, 3.8) is 0 Å². The van der Waals surface area contributed by atoms with E-state index in [0.717, 1.165) is 16.4 Å². The van der Waals surface area contributed by atoms with Gasteiger partial charge >= 0.3 is 6.03 Å². The fourth-order valence-electron chi connectivity index (χ4n) is 2.82. The van der Waals surface area contributed by atoms with Gasteiger partial charge in [-0.05, 0) is 6.92 Å². The zero-order chi connectivity index (χ0) is 16.6. The molecule has 23 heavy (non-hydrogen) atoms. The zero-order valence-corrected chi connectivity index (χ0v) is 13.1. The third-order valence-corrected chi connectivity index (χ3v) is 3.97. The number of carbonyl (C=O) groups excluding carboxylic acids is 3. The second kappa shape index (κ2) is 5.99. The molecule has 2 aliphatic rings. The molecule has 0 bridgehead atoms. The molecule has 2 aliphatic heterocycles. The molecule has 2 fully saturated rings. The smallest absolute Gasteiger partial charge is 0.325 e. The number of amides is 4. The van der Waals surface area contributed by atoms with Gasteiger partial charge in [0.1, 0.15) is 18.5 Å². The summed E-state index contributed by atoms with van der Waals surface area (Å²) < 4.78 is 7.59. The van der Waals surface area contributed by atoms with Crippen LogP contribution < -0.4 is 5.32 Å². The van der Waals surface area contributed by atoms with Crippen molar-refractivity contribution in [3.8, 4) is 0 Å². The fourth-order valence-corrected chi connectivity index (χ4v) is 2.82.